The zero-order chi connectivity index (χ0) is 18.6. The first-order valence-electron chi connectivity index (χ1n) is 7.12. The smallest absolute Gasteiger partial charge is 0.339 e. The maximum absolute atomic E-state index is 13.6. The number of methoxy groups -OCH3 is 1. The average Bonchev–Trinajstić information content (AvgIpc) is 2.57. The van der Waals surface area contributed by atoms with Gasteiger partial charge in [0, 0.05) is 5.02 Å². The molecule has 0 aliphatic carbocycles. The summed E-state index contributed by atoms with van der Waals surface area (Å²) < 4.78 is 23.4. The predicted molar refractivity (Wildman–Crippen MR) is 92.9 cm³/mol. The van der Waals surface area contributed by atoms with Crippen molar-refractivity contribution in [3.05, 3.63) is 57.8 Å². The summed E-state index contributed by atoms with van der Waals surface area (Å²) in [4.78, 5) is 24.1. The first-order valence-corrected chi connectivity index (χ1v) is 7.88. The molecule has 0 fully saturated rings. The molecule has 0 saturated carbocycles. The van der Waals surface area contributed by atoms with Gasteiger partial charge in [-0.2, -0.15) is 0 Å². The van der Waals surface area contributed by atoms with E-state index in [4.69, 9.17) is 32.7 Å². The lowest BCUT2D eigenvalue weighted by Crippen LogP contribution is -2.30. The minimum atomic E-state index is -1.12. The summed E-state index contributed by atoms with van der Waals surface area (Å²) in [6.07, 6.45) is -1.12. The molecule has 1 unspecified atom stereocenters. The molecular formula is C17H14Cl2FNO4. The zero-order valence-corrected chi connectivity index (χ0v) is 14.8. The minimum absolute atomic E-state index is 0.000258. The fourth-order valence-corrected chi connectivity index (χ4v) is 2.36. The summed E-state index contributed by atoms with van der Waals surface area (Å²) >= 11 is 11.7. The molecule has 0 aliphatic rings. The lowest BCUT2D eigenvalue weighted by atomic mass is 10.2. The van der Waals surface area contributed by atoms with Gasteiger partial charge in [0.05, 0.1) is 23.4 Å². The van der Waals surface area contributed by atoms with Crippen LogP contribution in [0.25, 0.3) is 0 Å². The van der Waals surface area contributed by atoms with Gasteiger partial charge >= 0.3 is 5.97 Å². The van der Waals surface area contributed by atoms with E-state index in [0.717, 1.165) is 6.07 Å². The van der Waals surface area contributed by atoms with Crippen LogP contribution in [0, 0.1) is 5.82 Å². The first kappa shape index (κ1) is 19.0. The summed E-state index contributed by atoms with van der Waals surface area (Å²) in [6.45, 7) is 1.39. The van der Waals surface area contributed by atoms with Gasteiger partial charge in [0.25, 0.3) is 5.91 Å². The maximum Gasteiger partial charge on any atom is 0.339 e. The Kier molecular flexibility index (Phi) is 6.22. The van der Waals surface area contributed by atoms with Crippen molar-refractivity contribution in [2.24, 2.45) is 0 Å². The van der Waals surface area contributed by atoms with Crippen LogP contribution in [-0.4, -0.2) is 25.1 Å². The number of carbonyl (C=O) groups is 2. The molecule has 0 aromatic heterocycles. The number of carbonyl (C=O) groups excluding carboxylic acids is 2. The lowest BCUT2D eigenvalue weighted by Gasteiger charge is -2.14. The molecule has 2 rings (SSSR count). The minimum Gasteiger partial charge on any atom is -0.494 e. The standard InChI is InChI=1S/C17H14Cl2FNO4/c1-9(16(22)21-14-5-4-11(18)8-12(14)19)25-17(23)10-3-6-15(24-2)13(20)7-10/h3-9H,1-2H3,(H,21,22). The van der Waals surface area contributed by atoms with E-state index in [1.54, 1.807) is 6.07 Å². The Hall–Kier alpha value is -2.31. The molecule has 2 aromatic rings. The largest absolute Gasteiger partial charge is 0.494 e. The van der Waals surface area contributed by atoms with Crippen molar-refractivity contribution in [3.8, 4) is 5.75 Å². The van der Waals surface area contributed by atoms with Gasteiger partial charge in [0.1, 0.15) is 0 Å². The summed E-state index contributed by atoms with van der Waals surface area (Å²) in [5, 5.41) is 3.19. The van der Waals surface area contributed by atoms with E-state index in [0.29, 0.717) is 10.7 Å². The zero-order valence-electron chi connectivity index (χ0n) is 13.3. The topological polar surface area (TPSA) is 64.6 Å². The highest BCUT2D eigenvalue weighted by Crippen LogP contribution is 2.25. The summed E-state index contributed by atoms with van der Waals surface area (Å²) in [7, 11) is 1.31. The van der Waals surface area contributed by atoms with Gasteiger partial charge in [-0.1, -0.05) is 23.2 Å². The van der Waals surface area contributed by atoms with Crippen LogP contribution in [0.15, 0.2) is 36.4 Å². The Bertz CT molecular complexity index is 813. The fourth-order valence-electron chi connectivity index (χ4n) is 1.90. The number of hydrogen-bond acceptors (Lipinski definition) is 4. The van der Waals surface area contributed by atoms with Crippen LogP contribution in [0.3, 0.4) is 0 Å². The maximum atomic E-state index is 13.6. The second-order valence-electron chi connectivity index (χ2n) is 5.01. The molecule has 0 aliphatic heterocycles. The second-order valence-corrected chi connectivity index (χ2v) is 5.85. The van der Waals surface area contributed by atoms with Crippen molar-refractivity contribution in [3.63, 3.8) is 0 Å². The third kappa shape index (κ3) is 4.84. The quantitative estimate of drug-likeness (QED) is 0.778. The molecule has 0 radical (unpaired) electrons. The van der Waals surface area contributed by atoms with Crippen molar-refractivity contribution < 1.29 is 23.5 Å². The SMILES string of the molecule is COc1ccc(C(=O)OC(C)C(=O)Nc2ccc(Cl)cc2Cl)cc1F. The first-order chi connectivity index (χ1) is 11.8. The van der Waals surface area contributed by atoms with Crippen LogP contribution in [0.2, 0.25) is 10.0 Å². The Morgan fingerprint density at radius 1 is 1.16 bits per heavy atom. The third-order valence-electron chi connectivity index (χ3n) is 3.23. The molecule has 132 valence electrons. The second kappa shape index (κ2) is 8.18. The average molecular weight is 386 g/mol. The monoisotopic (exact) mass is 385 g/mol. The van der Waals surface area contributed by atoms with E-state index in [9.17, 15) is 14.0 Å². The van der Waals surface area contributed by atoms with E-state index in [1.165, 1.54) is 38.3 Å². The summed E-state index contributed by atoms with van der Waals surface area (Å²) in [6, 6.07) is 8.16. The third-order valence-corrected chi connectivity index (χ3v) is 3.78. The predicted octanol–water partition coefficient (Wildman–Crippen LogP) is 4.33. The number of ether oxygens (including phenoxy) is 2. The Morgan fingerprint density at radius 2 is 1.88 bits per heavy atom. The van der Waals surface area contributed by atoms with Crippen LogP contribution in [0.5, 0.6) is 5.75 Å². The highest BCUT2D eigenvalue weighted by Gasteiger charge is 2.20. The molecule has 1 atom stereocenters. The van der Waals surface area contributed by atoms with Gasteiger partial charge in [-0.05, 0) is 43.3 Å². The van der Waals surface area contributed by atoms with E-state index >= 15 is 0 Å². The van der Waals surface area contributed by atoms with Crippen molar-refractivity contribution in [1.82, 2.24) is 0 Å². The number of hydrogen-bond donors (Lipinski definition) is 1. The molecule has 1 amide bonds. The van der Waals surface area contributed by atoms with Crippen LogP contribution < -0.4 is 10.1 Å². The molecule has 8 heteroatoms. The Balaban J connectivity index is 2.02. The van der Waals surface area contributed by atoms with Crippen LogP contribution in [-0.2, 0) is 9.53 Å². The number of anilines is 1. The van der Waals surface area contributed by atoms with Crippen LogP contribution >= 0.6 is 23.2 Å². The van der Waals surface area contributed by atoms with E-state index in [-0.39, 0.29) is 16.3 Å². The van der Waals surface area contributed by atoms with Crippen LogP contribution in [0.4, 0.5) is 10.1 Å². The van der Waals surface area contributed by atoms with E-state index in [1.807, 2.05) is 0 Å². The summed E-state index contributed by atoms with van der Waals surface area (Å²) in [5.74, 6) is -2.14. The van der Waals surface area contributed by atoms with Crippen LogP contribution in [0.1, 0.15) is 17.3 Å². The molecule has 2 aromatic carbocycles. The van der Waals surface area contributed by atoms with Gasteiger partial charge in [0.15, 0.2) is 17.7 Å². The number of esters is 1. The molecule has 0 heterocycles. The molecule has 5 nitrogen and oxygen atoms in total. The van der Waals surface area contributed by atoms with E-state index < -0.39 is 23.8 Å². The van der Waals surface area contributed by atoms with Gasteiger partial charge in [-0.15, -0.1) is 0 Å². The van der Waals surface area contributed by atoms with Crippen molar-refractivity contribution in [1.29, 1.82) is 0 Å². The van der Waals surface area contributed by atoms with Crippen molar-refractivity contribution in [2.45, 2.75) is 13.0 Å². The fraction of sp³-hybridized carbons (Fsp3) is 0.176. The molecule has 0 bridgehead atoms. The summed E-state index contributed by atoms with van der Waals surface area (Å²) in [5.41, 5.74) is 0.289. The molecule has 0 spiro atoms. The van der Waals surface area contributed by atoms with Crippen molar-refractivity contribution in [2.75, 3.05) is 12.4 Å². The van der Waals surface area contributed by atoms with E-state index in [2.05, 4.69) is 5.32 Å². The highest BCUT2D eigenvalue weighted by molar-refractivity contribution is 6.36. The van der Waals surface area contributed by atoms with Gasteiger partial charge in [0.2, 0.25) is 0 Å². The molecule has 0 saturated heterocycles. The number of halogens is 3. The number of benzene rings is 2. The van der Waals surface area contributed by atoms with Gasteiger partial charge in [-0.25, -0.2) is 9.18 Å². The number of rotatable bonds is 5. The molecule has 1 N–H and O–H groups in total. The Labute approximate surface area is 153 Å². The molecular weight excluding hydrogens is 372 g/mol. The lowest BCUT2D eigenvalue weighted by molar-refractivity contribution is -0.123. The van der Waals surface area contributed by atoms with Crippen molar-refractivity contribution >= 4 is 40.8 Å². The number of amides is 1. The number of nitrogens with one attached hydrogen (secondary N) is 1. The van der Waals surface area contributed by atoms with Gasteiger partial charge in [-0.3, -0.25) is 4.79 Å². The van der Waals surface area contributed by atoms with Gasteiger partial charge < -0.3 is 14.8 Å². The normalized spacial score (nSPS) is 11.6. The highest BCUT2D eigenvalue weighted by atomic mass is 35.5. The Morgan fingerprint density at radius 3 is 2.48 bits per heavy atom. The molecule has 25 heavy (non-hydrogen) atoms.